The fourth-order valence-electron chi connectivity index (χ4n) is 1.06. The molecule has 0 saturated carbocycles. The first-order chi connectivity index (χ1) is 8.27. The van der Waals surface area contributed by atoms with Crippen molar-refractivity contribution < 1.29 is 19.4 Å². The van der Waals surface area contributed by atoms with Crippen LogP contribution in [0.5, 0.6) is 5.88 Å². The molecule has 7 nitrogen and oxygen atoms in total. The van der Waals surface area contributed by atoms with Gasteiger partial charge in [0.25, 0.3) is 0 Å². The number of hydrogen-bond donors (Lipinski definition) is 2. The second-order valence-electron chi connectivity index (χ2n) is 4.26. The van der Waals surface area contributed by atoms with Crippen molar-refractivity contribution in [3.63, 3.8) is 0 Å². The fraction of sp³-hybridized carbons (Fsp3) is 0.455. The Bertz CT molecular complexity index is 485. The van der Waals surface area contributed by atoms with Gasteiger partial charge in [0.2, 0.25) is 17.7 Å². The molecule has 1 heterocycles. The molecule has 0 aliphatic carbocycles. The standard InChI is InChI=1S/C11H15N3O4/c1-6-5-7(18-4)13-10(12-6)14-8(15)11(2,3)9(16)17/h5H,1-4H3,(H,16,17)(H,12,13,14,15). The molecule has 0 aromatic carbocycles. The van der Waals surface area contributed by atoms with Crippen LogP contribution in [0.15, 0.2) is 6.07 Å². The number of carbonyl (C=O) groups excluding carboxylic acids is 1. The lowest BCUT2D eigenvalue weighted by molar-refractivity contribution is -0.151. The summed E-state index contributed by atoms with van der Waals surface area (Å²) in [5.41, 5.74) is -0.953. The number of nitrogens with one attached hydrogen (secondary N) is 1. The van der Waals surface area contributed by atoms with Gasteiger partial charge in [0.15, 0.2) is 0 Å². The summed E-state index contributed by atoms with van der Waals surface area (Å²) in [4.78, 5) is 30.6. The summed E-state index contributed by atoms with van der Waals surface area (Å²) in [6, 6.07) is 1.60. The molecule has 7 heteroatoms. The van der Waals surface area contributed by atoms with Crippen molar-refractivity contribution in [2.24, 2.45) is 5.41 Å². The molecule has 0 fully saturated rings. The van der Waals surface area contributed by atoms with E-state index in [-0.39, 0.29) is 5.95 Å². The number of hydrogen-bond acceptors (Lipinski definition) is 5. The summed E-state index contributed by atoms with van der Waals surface area (Å²) in [7, 11) is 1.44. The van der Waals surface area contributed by atoms with Gasteiger partial charge in [-0.1, -0.05) is 0 Å². The Balaban J connectivity index is 2.95. The summed E-state index contributed by atoms with van der Waals surface area (Å²) >= 11 is 0. The fourth-order valence-corrected chi connectivity index (χ4v) is 1.06. The van der Waals surface area contributed by atoms with E-state index in [4.69, 9.17) is 9.84 Å². The van der Waals surface area contributed by atoms with E-state index in [2.05, 4.69) is 15.3 Å². The molecule has 0 spiro atoms. The van der Waals surface area contributed by atoms with Crippen LogP contribution in [0.3, 0.4) is 0 Å². The molecular weight excluding hydrogens is 238 g/mol. The second kappa shape index (κ2) is 4.99. The van der Waals surface area contributed by atoms with Crippen LogP contribution < -0.4 is 10.1 Å². The van der Waals surface area contributed by atoms with E-state index in [1.807, 2.05) is 0 Å². The van der Waals surface area contributed by atoms with E-state index in [0.29, 0.717) is 11.6 Å². The Labute approximate surface area is 104 Å². The van der Waals surface area contributed by atoms with E-state index in [1.165, 1.54) is 21.0 Å². The molecular formula is C11H15N3O4. The van der Waals surface area contributed by atoms with Gasteiger partial charge in [0.05, 0.1) is 7.11 Å². The maximum atomic E-state index is 11.8. The number of carboxylic acids is 1. The molecule has 1 aromatic heterocycles. The summed E-state index contributed by atoms with van der Waals surface area (Å²) in [5.74, 6) is -1.60. The largest absolute Gasteiger partial charge is 0.481 e. The first-order valence-electron chi connectivity index (χ1n) is 5.22. The zero-order valence-corrected chi connectivity index (χ0v) is 10.6. The smallest absolute Gasteiger partial charge is 0.318 e. The van der Waals surface area contributed by atoms with Crippen molar-refractivity contribution in [3.05, 3.63) is 11.8 Å². The van der Waals surface area contributed by atoms with E-state index >= 15 is 0 Å². The minimum atomic E-state index is -1.56. The highest BCUT2D eigenvalue weighted by Gasteiger charge is 2.36. The predicted octanol–water partition coefficient (Wildman–Crippen LogP) is 0.843. The van der Waals surface area contributed by atoms with Crippen molar-refractivity contribution in [2.45, 2.75) is 20.8 Å². The molecule has 0 unspecified atom stereocenters. The number of nitrogens with zero attached hydrogens (tertiary/aromatic N) is 2. The lowest BCUT2D eigenvalue weighted by Gasteiger charge is -2.17. The SMILES string of the molecule is COc1cc(C)nc(NC(=O)C(C)(C)C(=O)O)n1. The van der Waals surface area contributed by atoms with Crippen molar-refractivity contribution in [2.75, 3.05) is 12.4 Å². The maximum Gasteiger partial charge on any atom is 0.318 e. The number of rotatable bonds is 4. The molecule has 0 saturated heterocycles. The number of ether oxygens (including phenoxy) is 1. The molecule has 1 rings (SSSR count). The van der Waals surface area contributed by atoms with Gasteiger partial charge < -0.3 is 9.84 Å². The van der Waals surface area contributed by atoms with Gasteiger partial charge in [0.1, 0.15) is 5.41 Å². The van der Waals surface area contributed by atoms with Gasteiger partial charge in [-0.2, -0.15) is 4.98 Å². The molecule has 98 valence electrons. The van der Waals surface area contributed by atoms with E-state index in [0.717, 1.165) is 0 Å². The Morgan fingerprint density at radius 1 is 1.39 bits per heavy atom. The minimum Gasteiger partial charge on any atom is -0.481 e. The highest BCUT2D eigenvalue weighted by Crippen LogP contribution is 2.18. The van der Waals surface area contributed by atoms with Crippen LogP contribution in [0, 0.1) is 12.3 Å². The average molecular weight is 253 g/mol. The van der Waals surface area contributed by atoms with Gasteiger partial charge in [-0.05, 0) is 20.8 Å². The molecule has 2 N–H and O–H groups in total. The Hall–Kier alpha value is -2.18. The van der Waals surface area contributed by atoms with Gasteiger partial charge in [0, 0.05) is 11.8 Å². The lowest BCUT2D eigenvalue weighted by atomic mass is 9.93. The molecule has 0 radical (unpaired) electrons. The van der Waals surface area contributed by atoms with Crippen molar-refractivity contribution in [3.8, 4) is 5.88 Å². The molecule has 18 heavy (non-hydrogen) atoms. The molecule has 1 aromatic rings. The summed E-state index contributed by atoms with van der Waals surface area (Å²) in [6.07, 6.45) is 0. The van der Waals surface area contributed by atoms with Crippen LogP contribution in [-0.2, 0) is 9.59 Å². The summed E-state index contributed by atoms with van der Waals surface area (Å²) < 4.78 is 4.93. The van der Waals surface area contributed by atoms with Crippen molar-refractivity contribution in [1.82, 2.24) is 9.97 Å². The van der Waals surface area contributed by atoms with Crippen LogP contribution in [0.2, 0.25) is 0 Å². The Morgan fingerprint density at radius 2 is 2.00 bits per heavy atom. The quantitative estimate of drug-likeness (QED) is 0.771. The van der Waals surface area contributed by atoms with Crippen LogP contribution in [0.25, 0.3) is 0 Å². The zero-order chi connectivity index (χ0) is 13.9. The average Bonchev–Trinajstić information content (AvgIpc) is 2.27. The van der Waals surface area contributed by atoms with Gasteiger partial charge in [-0.25, -0.2) is 4.98 Å². The Kier molecular flexibility index (Phi) is 3.85. The number of aromatic nitrogens is 2. The molecule has 0 bridgehead atoms. The number of carbonyl (C=O) groups is 2. The minimum absolute atomic E-state index is 0.0196. The summed E-state index contributed by atoms with van der Waals surface area (Å²) in [5, 5.41) is 11.3. The molecule has 0 aliphatic rings. The number of methoxy groups -OCH3 is 1. The Morgan fingerprint density at radius 3 is 2.50 bits per heavy atom. The van der Waals surface area contributed by atoms with Crippen molar-refractivity contribution in [1.29, 1.82) is 0 Å². The maximum absolute atomic E-state index is 11.8. The van der Waals surface area contributed by atoms with Gasteiger partial charge in [-0.15, -0.1) is 0 Å². The summed E-state index contributed by atoms with van der Waals surface area (Å²) in [6.45, 7) is 4.32. The molecule has 1 amide bonds. The monoisotopic (exact) mass is 253 g/mol. The van der Waals surface area contributed by atoms with E-state index in [1.54, 1.807) is 13.0 Å². The zero-order valence-electron chi connectivity index (χ0n) is 10.6. The van der Waals surface area contributed by atoms with Crippen LogP contribution >= 0.6 is 0 Å². The number of anilines is 1. The van der Waals surface area contributed by atoms with Gasteiger partial charge >= 0.3 is 5.97 Å². The third kappa shape index (κ3) is 2.93. The normalized spacial score (nSPS) is 10.9. The van der Waals surface area contributed by atoms with E-state index < -0.39 is 17.3 Å². The number of carboxylic acid groups (broad SMARTS) is 1. The second-order valence-corrected chi connectivity index (χ2v) is 4.26. The molecule has 0 aliphatic heterocycles. The number of amides is 1. The highest BCUT2D eigenvalue weighted by molar-refractivity contribution is 6.06. The highest BCUT2D eigenvalue weighted by atomic mass is 16.5. The first-order valence-corrected chi connectivity index (χ1v) is 5.22. The van der Waals surface area contributed by atoms with Gasteiger partial charge in [-0.3, -0.25) is 14.9 Å². The van der Waals surface area contributed by atoms with Crippen LogP contribution in [0.4, 0.5) is 5.95 Å². The third-order valence-corrected chi connectivity index (χ3v) is 2.37. The van der Waals surface area contributed by atoms with Crippen molar-refractivity contribution >= 4 is 17.8 Å². The number of aliphatic carboxylic acids is 1. The predicted molar refractivity (Wildman–Crippen MR) is 63.4 cm³/mol. The first kappa shape index (κ1) is 13.9. The number of aryl methyl sites for hydroxylation is 1. The third-order valence-electron chi connectivity index (χ3n) is 2.37. The lowest BCUT2D eigenvalue weighted by Crippen LogP contribution is -2.38. The van der Waals surface area contributed by atoms with Crippen LogP contribution in [-0.4, -0.2) is 34.1 Å². The molecule has 0 atom stereocenters. The van der Waals surface area contributed by atoms with Crippen LogP contribution in [0.1, 0.15) is 19.5 Å². The van der Waals surface area contributed by atoms with E-state index in [9.17, 15) is 9.59 Å². The topological polar surface area (TPSA) is 101 Å².